The van der Waals surface area contributed by atoms with E-state index in [-0.39, 0.29) is 12.4 Å². The number of halogens is 1. The van der Waals surface area contributed by atoms with Crippen LogP contribution in [0.25, 0.3) is 11.1 Å². The lowest BCUT2D eigenvalue weighted by molar-refractivity contribution is 0.271. The number of amidine groups is 1. The van der Waals surface area contributed by atoms with E-state index in [1.165, 1.54) is 0 Å². The Morgan fingerprint density at radius 2 is 1.93 bits per heavy atom. The Bertz CT molecular complexity index is 1040. The Hall–Kier alpha value is -3.03. The van der Waals surface area contributed by atoms with Gasteiger partial charge in [0.1, 0.15) is 5.82 Å². The Morgan fingerprint density at radius 1 is 1.20 bits per heavy atom. The van der Waals surface area contributed by atoms with Gasteiger partial charge < -0.3 is 15.5 Å². The van der Waals surface area contributed by atoms with Crippen molar-refractivity contribution in [2.24, 2.45) is 16.2 Å². The number of benzene rings is 2. The van der Waals surface area contributed by atoms with Crippen LogP contribution in [0.15, 0.2) is 58.9 Å². The van der Waals surface area contributed by atoms with E-state index < -0.39 is 0 Å². The number of imidazole rings is 1. The van der Waals surface area contributed by atoms with Gasteiger partial charge in [-0.25, -0.2) is 4.98 Å². The Balaban J connectivity index is 1.89. The first kappa shape index (κ1) is 21.7. The highest BCUT2D eigenvalue weighted by Crippen LogP contribution is 2.26. The van der Waals surface area contributed by atoms with Gasteiger partial charge in [0.15, 0.2) is 11.0 Å². The van der Waals surface area contributed by atoms with Gasteiger partial charge in [0.25, 0.3) is 0 Å². The van der Waals surface area contributed by atoms with Crippen molar-refractivity contribution in [3.63, 3.8) is 0 Å². The summed E-state index contributed by atoms with van der Waals surface area (Å²) < 4.78 is 2.00. The molecule has 3 rings (SSSR count). The number of rotatable bonds is 8. The Labute approximate surface area is 180 Å². The molecular weight excluding hydrogens is 400 g/mol. The number of unbranched alkanes of at least 4 members (excludes halogenated alkanes) is 1. The molecule has 0 saturated heterocycles. The fourth-order valence-electron chi connectivity index (χ4n) is 3.39. The molecule has 1 heterocycles. The topological polar surface area (TPSA) is 113 Å². The molecular formula is C22H25ClN6O. The zero-order valence-corrected chi connectivity index (χ0v) is 17.6. The third-order valence-electron chi connectivity index (χ3n) is 4.95. The van der Waals surface area contributed by atoms with Crippen LogP contribution in [-0.4, -0.2) is 20.5 Å². The average molecular weight is 425 g/mol. The zero-order chi connectivity index (χ0) is 21.5. The molecule has 2 aromatic carbocycles. The smallest absolute Gasteiger partial charge is 0.176 e. The van der Waals surface area contributed by atoms with Crippen LogP contribution in [0.4, 0.5) is 0 Å². The number of aromatic nitrogens is 2. The van der Waals surface area contributed by atoms with Crippen molar-refractivity contribution in [1.29, 1.82) is 5.41 Å². The maximum absolute atomic E-state index is 9.74. The van der Waals surface area contributed by atoms with Gasteiger partial charge in [-0.15, -0.1) is 5.11 Å². The molecule has 4 N–H and O–H groups in total. The summed E-state index contributed by atoms with van der Waals surface area (Å²) in [5.41, 5.74) is 4.20. The summed E-state index contributed by atoms with van der Waals surface area (Å²) in [5, 5.41) is 25.0. The molecule has 8 heteroatoms. The van der Waals surface area contributed by atoms with Gasteiger partial charge in [-0.2, -0.15) is 0 Å². The molecule has 0 fully saturated rings. The fourth-order valence-corrected chi connectivity index (χ4v) is 3.65. The van der Waals surface area contributed by atoms with E-state index in [2.05, 4.69) is 22.2 Å². The first-order chi connectivity index (χ1) is 14.6. The van der Waals surface area contributed by atoms with E-state index in [1.54, 1.807) is 0 Å². The molecule has 0 aliphatic heterocycles. The Morgan fingerprint density at radius 3 is 2.60 bits per heavy atom. The van der Waals surface area contributed by atoms with Gasteiger partial charge >= 0.3 is 0 Å². The number of hydrogen-bond acceptors (Lipinski definition) is 4. The third kappa shape index (κ3) is 4.75. The van der Waals surface area contributed by atoms with E-state index in [4.69, 9.17) is 22.9 Å². The van der Waals surface area contributed by atoms with Gasteiger partial charge in [-0.3, -0.25) is 5.41 Å². The number of nitrogens with zero attached hydrogens (tertiary/aromatic N) is 4. The molecule has 0 radical (unpaired) electrons. The van der Waals surface area contributed by atoms with Gasteiger partial charge in [0, 0.05) is 18.5 Å². The second-order valence-electron chi connectivity index (χ2n) is 6.92. The van der Waals surface area contributed by atoms with E-state index in [0.29, 0.717) is 23.0 Å². The number of hydrogen-bond donors (Lipinski definition) is 3. The summed E-state index contributed by atoms with van der Waals surface area (Å²) in [6.45, 7) is 2.56. The van der Waals surface area contributed by atoms with E-state index in [9.17, 15) is 5.11 Å². The van der Waals surface area contributed by atoms with E-state index in [1.807, 2.05) is 53.1 Å². The minimum Gasteiger partial charge on any atom is -0.390 e. The predicted octanol–water partition coefficient (Wildman–Crippen LogP) is 4.74. The van der Waals surface area contributed by atoms with Crippen molar-refractivity contribution >= 4 is 17.4 Å². The molecule has 0 atom stereocenters. The van der Waals surface area contributed by atoms with Gasteiger partial charge in [-0.1, -0.05) is 78.7 Å². The molecule has 0 saturated carbocycles. The van der Waals surface area contributed by atoms with Crippen molar-refractivity contribution < 1.29 is 5.11 Å². The van der Waals surface area contributed by atoms with Crippen LogP contribution in [0.2, 0.25) is 5.15 Å². The first-order valence-corrected chi connectivity index (χ1v) is 10.2. The van der Waals surface area contributed by atoms with Crippen molar-refractivity contribution in [1.82, 2.24) is 9.55 Å². The van der Waals surface area contributed by atoms with Crippen LogP contribution in [0.3, 0.4) is 0 Å². The molecule has 1 aromatic heterocycles. The monoisotopic (exact) mass is 424 g/mol. The van der Waals surface area contributed by atoms with Crippen LogP contribution in [0, 0.1) is 5.41 Å². The second kappa shape index (κ2) is 10.1. The number of aliphatic hydroxyl groups excluding tert-OH is 1. The molecule has 0 bridgehead atoms. The maximum atomic E-state index is 9.74. The molecule has 7 nitrogen and oxygen atoms in total. The lowest BCUT2D eigenvalue weighted by Crippen LogP contribution is -2.09. The van der Waals surface area contributed by atoms with Crippen molar-refractivity contribution in [3.05, 3.63) is 76.3 Å². The van der Waals surface area contributed by atoms with Crippen LogP contribution in [-0.2, 0) is 19.6 Å². The number of nitrogens with two attached hydrogens (primary N) is 1. The van der Waals surface area contributed by atoms with Crippen molar-refractivity contribution in [2.75, 3.05) is 0 Å². The van der Waals surface area contributed by atoms with Crippen LogP contribution < -0.4 is 5.84 Å². The number of aryl methyl sites for hydroxylation is 1. The first-order valence-electron chi connectivity index (χ1n) is 9.81. The lowest BCUT2D eigenvalue weighted by Gasteiger charge is -2.12. The molecule has 0 amide bonds. The summed E-state index contributed by atoms with van der Waals surface area (Å²) in [6.07, 6.45) is 2.89. The van der Waals surface area contributed by atoms with Gasteiger partial charge in [-0.05, 0) is 23.1 Å². The minimum atomic E-state index is -0.152. The lowest BCUT2D eigenvalue weighted by atomic mass is 9.98. The highest BCUT2D eigenvalue weighted by Gasteiger charge is 2.15. The quantitative estimate of drug-likeness (QED) is 0.159. The van der Waals surface area contributed by atoms with Crippen molar-refractivity contribution in [2.45, 2.75) is 39.3 Å². The summed E-state index contributed by atoms with van der Waals surface area (Å²) in [6, 6.07) is 15.6. The summed E-state index contributed by atoms with van der Waals surface area (Å²) in [5.74, 6) is 6.00. The average Bonchev–Trinajstić information content (AvgIpc) is 3.06. The van der Waals surface area contributed by atoms with E-state index in [0.717, 1.165) is 41.8 Å². The molecule has 0 aliphatic carbocycles. The predicted molar refractivity (Wildman–Crippen MR) is 119 cm³/mol. The third-order valence-corrected chi connectivity index (χ3v) is 5.25. The van der Waals surface area contributed by atoms with Crippen LogP contribution >= 0.6 is 11.6 Å². The largest absolute Gasteiger partial charge is 0.390 e. The summed E-state index contributed by atoms with van der Waals surface area (Å²) in [7, 11) is 0. The molecule has 0 unspecified atom stereocenters. The van der Waals surface area contributed by atoms with Gasteiger partial charge in [0.2, 0.25) is 0 Å². The molecule has 30 heavy (non-hydrogen) atoms. The maximum Gasteiger partial charge on any atom is 0.176 e. The molecule has 0 spiro atoms. The fraction of sp³-hybridized carbons (Fsp3) is 0.273. The normalized spacial score (nSPS) is 11.3. The van der Waals surface area contributed by atoms with Crippen LogP contribution in [0.5, 0.6) is 0 Å². The highest BCUT2D eigenvalue weighted by atomic mass is 35.5. The Kier molecular flexibility index (Phi) is 7.32. The standard InChI is InChI=1S/C22H25ClN6O/c1-2-3-8-20-26-21(23)19(14-30)29(20)13-15-9-11-16(12-10-15)17-6-4-5-7-18(17)22(24)27-28-25/h4-7,9-12,30H,2-3,8,13-14H2,1H3,(H3,24,25,27). The number of nitrogens with one attached hydrogen (secondary N) is 1. The number of aliphatic hydroxyl groups is 1. The highest BCUT2D eigenvalue weighted by molar-refractivity contribution is 6.30. The molecule has 156 valence electrons. The SMILES string of the molecule is CCCCc1nc(Cl)c(CO)n1Cc1ccc(-c2ccccc2C(=N)N=NN)cc1. The van der Waals surface area contributed by atoms with E-state index >= 15 is 0 Å². The van der Waals surface area contributed by atoms with Crippen molar-refractivity contribution in [3.8, 4) is 11.1 Å². The second-order valence-corrected chi connectivity index (χ2v) is 7.28. The van der Waals surface area contributed by atoms with Gasteiger partial charge in [0.05, 0.1) is 12.3 Å². The molecule has 3 aromatic rings. The van der Waals surface area contributed by atoms with Crippen LogP contribution in [0.1, 0.15) is 42.4 Å². The summed E-state index contributed by atoms with van der Waals surface area (Å²) in [4.78, 5) is 4.44. The molecule has 0 aliphatic rings. The minimum absolute atomic E-state index is 0.0124. The zero-order valence-electron chi connectivity index (χ0n) is 16.8. The summed E-state index contributed by atoms with van der Waals surface area (Å²) >= 11 is 6.24.